The molecule has 1 N–H and O–H groups in total. The van der Waals surface area contributed by atoms with Crippen molar-refractivity contribution in [3.05, 3.63) is 0 Å². The van der Waals surface area contributed by atoms with Gasteiger partial charge in [-0.2, -0.15) is 0 Å². The molecule has 0 aromatic rings. The smallest absolute Gasteiger partial charge is 0.328 e. The third-order valence-electron chi connectivity index (χ3n) is 3.31. The minimum atomic E-state index is -0.650. The molecule has 0 spiro atoms. The van der Waals surface area contributed by atoms with Crippen molar-refractivity contribution in [1.82, 2.24) is 4.90 Å². The van der Waals surface area contributed by atoms with Gasteiger partial charge < -0.3 is 19.5 Å². The molecule has 0 saturated carbocycles. The molecule has 2 fully saturated rings. The maximum Gasteiger partial charge on any atom is 0.328 e. The Hall–Kier alpha value is -1.14. The Morgan fingerprint density at radius 3 is 2.82 bits per heavy atom. The quantitative estimate of drug-likeness (QED) is 0.640. The molecule has 6 nitrogen and oxygen atoms in total. The summed E-state index contributed by atoms with van der Waals surface area (Å²) in [6.45, 7) is 1.18. The van der Waals surface area contributed by atoms with Gasteiger partial charge in [0.1, 0.15) is 6.04 Å². The molecule has 0 aromatic carbocycles. The van der Waals surface area contributed by atoms with Gasteiger partial charge >= 0.3 is 5.97 Å². The summed E-state index contributed by atoms with van der Waals surface area (Å²) in [4.78, 5) is 25.1. The molecule has 17 heavy (non-hydrogen) atoms. The fraction of sp³-hybridized carbons (Fsp3) is 0.818. The number of carbonyl (C=O) groups excluding carboxylic acids is 2. The van der Waals surface area contributed by atoms with Gasteiger partial charge in [0.25, 0.3) is 0 Å². The van der Waals surface area contributed by atoms with Gasteiger partial charge in [0.15, 0.2) is 0 Å². The zero-order chi connectivity index (χ0) is 12.4. The molecule has 1 amide bonds. The van der Waals surface area contributed by atoms with E-state index in [0.29, 0.717) is 19.6 Å². The number of amides is 1. The number of aliphatic hydroxyl groups excluding tert-OH is 1. The number of nitrogens with zero attached hydrogens (tertiary/aromatic N) is 1. The molecule has 2 rings (SSSR count). The van der Waals surface area contributed by atoms with Crippen molar-refractivity contribution in [2.24, 2.45) is 5.92 Å². The van der Waals surface area contributed by atoms with Crippen LogP contribution in [0.25, 0.3) is 0 Å². The van der Waals surface area contributed by atoms with Crippen molar-refractivity contribution in [3.8, 4) is 0 Å². The fourth-order valence-corrected chi connectivity index (χ4v) is 2.38. The first-order chi connectivity index (χ1) is 8.13. The lowest BCUT2D eigenvalue weighted by molar-refractivity contribution is -0.152. The van der Waals surface area contributed by atoms with Crippen LogP contribution in [0.3, 0.4) is 0 Å². The lowest BCUT2D eigenvalue weighted by Crippen LogP contribution is -2.44. The van der Waals surface area contributed by atoms with Crippen LogP contribution in [0.5, 0.6) is 0 Å². The first-order valence-corrected chi connectivity index (χ1v) is 5.77. The van der Waals surface area contributed by atoms with Gasteiger partial charge in [-0.25, -0.2) is 4.79 Å². The number of likely N-dealkylation sites (tertiary alicyclic amines) is 1. The van der Waals surface area contributed by atoms with Crippen LogP contribution in [-0.4, -0.2) is 60.9 Å². The van der Waals surface area contributed by atoms with Crippen LogP contribution in [0.1, 0.15) is 12.8 Å². The van der Waals surface area contributed by atoms with Crippen molar-refractivity contribution in [2.45, 2.75) is 25.0 Å². The van der Waals surface area contributed by atoms with E-state index in [1.807, 2.05) is 0 Å². The largest absolute Gasteiger partial charge is 0.467 e. The van der Waals surface area contributed by atoms with Gasteiger partial charge in [0.05, 0.1) is 25.7 Å². The van der Waals surface area contributed by atoms with Crippen LogP contribution in [0, 0.1) is 5.92 Å². The third-order valence-corrected chi connectivity index (χ3v) is 3.31. The number of carbonyl (C=O) groups is 2. The van der Waals surface area contributed by atoms with Crippen LogP contribution in [0.2, 0.25) is 0 Å². The second-order valence-corrected chi connectivity index (χ2v) is 4.48. The zero-order valence-corrected chi connectivity index (χ0v) is 9.80. The molecule has 0 bridgehead atoms. The van der Waals surface area contributed by atoms with Crippen LogP contribution >= 0.6 is 0 Å². The van der Waals surface area contributed by atoms with E-state index in [9.17, 15) is 14.7 Å². The van der Waals surface area contributed by atoms with Crippen molar-refractivity contribution in [1.29, 1.82) is 0 Å². The first-order valence-electron chi connectivity index (χ1n) is 5.77. The SMILES string of the molecule is COC(=O)C1CC(O)CN1C(=O)C1CCOC1. The van der Waals surface area contributed by atoms with Crippen molar-refractivity contribution in [2.75, 3.05) is 26.9 Å². The molecule has 6 heteroatoms. The summed E-state index contributed by atoms with van der Waals surface area (Å²) >= 11 is 0. The van der Waals surface area contributed by atoms with Crippen molar-refractivity contribution < 1.29 is 24.2 Å². The maximum absolute atomic E-state index is 12.2. The summed E-state index contributed by atoms with van der Waals surface area (Å²) < 4.78 is 9.81. The molecule has 3 atom stereocenters. The molecule has 3 unspecified atom stereocenters. The van der Waals surface area contributed by atoms with Crippen LogP contribution in [-0.2, 0) is 19.1 Å². The Morgan fingerprint density at radius 1 is 1.47 bits per heavy atom. The average Bonchev–Trinajstić information content (AvgIpc) is 2.95. The molecule has 0 aromatic heterocycles. The Labute approximate surface area is 99.5 Å². The third kappa shape index (κ3) is 2.42. The van der Waals surface area contributed by atoms with E-state index in [1.54, 1.807) is 0 Å². The normalized spacial score (nSPS) is 32.8. The fourth-order valence-electron chi connectivity index (χ4n) is 2.38. The van der Waals surface area contributed by atoms with E-state index in [-0.39, 0.29) is 24.8 Å². The van der Waals surface area contributed by atoms with Crippen LogP contribution in [0.15, 0.2) is 0 Å². The predicted octanol–water partition coefficient (Wildman–Crippen LogP) is -0.842. The number of rotatable bonds is 2. The van der Waals surface area contributed by atoms with Gasteiger partial charge in [-0.15, -0.1) is 0 Å². The molecule has 0 radical (unpaired) electrons. The van der Waals surface area contributed by atoms with Gasteiger partial charge in [-0.05, 0) is 6.42 Å². The molecule has 2 aliphatic heterocycles. The van der Waals surface area contributed by atoms with E-state index in [1.165, 1.54) is 12.0 Å². The highest BCUT2D eigenvalue weighted by Gasteiger charge is 2.42. The molecule has 2 heterocycles. The van der Waals surface area contributed by atoms with E-state index < -0.39 is 18.1 Å². The summed E-state index contributed by atoms with van der Waals surface area (Å²) in [5.74, 6) is -0.768. The molecule has 2 aliphatic rings. The predicted molar refractivity (Wildman–Crippen MR) is 57.1 cm³/mol. The molecule has 96 valence electrons. The summed E-state index contributed by atoms with van der Waals surface area (Å²) in [6.07, 6.45) is 0.288. The summed E-state index contributed by atoms with van der Waals surface area (Å²) in [6, 6.07) is -0.650. The number of ether oxygens (including phenoxy) is 2. The van der Waals surface area contributed by atoms with Crippen LogP contribution < -0.4 is 0 Å². The standard InChI is InChI=1S/C11H17NO5/c1-16-11(15)9-4-8(13)5-12(9)10(14)7-2-3-17-6-7/h7-9,13H,2-6H2,1H3. The number of esters is 1. The van der Waals surface area contributed by atoms with Gasteiger partial charge in [0.2, 0.25) is 5.91 Å². The second-order valence-electron chi connectivity index (χ2n) is 4.48. The zero-order valence-electron chi connectivity index (χ0n) is 9.80. The highest BCUT2D eigenvalue weighted by Crippen LogP contribution is 2.24. The Kier molecular flexibility index (Phi) is 3.63. The minimum Gasteiger partial charge on any atom is -0.467 e. The van der Waals surface area contributed by atoms with E-state index in [2.05, 4.69) is 4.74 Å². The number of hydrogen-bond donors (Lipinski definition) is 1. The highest BCUT2D eigenvalue weighted by atomic mass is 16.5. The maximum atomic E-state index is 12.2. The Balaban J connectivity index is 2.06. The topological polar surface area (TPSA) is 76.1 Å². The molecular weight excluding hydrogens is 226 g/mol. The van der Waals surface area contributed by atoms with E-state index >= 15 is 0 Å². The van der Waals surface area contributed by atoms with E-state index in [0.717, 1.165) is 0 Å². The first kappa shape index (κ1) is 12.3. The summed E-state index contributed by atoms with van der Waals surface area (Å²) in [5, 5.41) is 9.57. The summed E-state index contributed by atoms with van der Waals surface area (Å²) in [5.41, 5.74) is 0. The second kappa shape index (κ2) is 5.01. The van der Waals surface area contributed by atoms with Gasteiger partial charge in [-0.3, -0.25) is 4.79 Å². The van der Waals surface area contributed by atoms with Gasteiger partial charge in [-0.1, -0.05) is 0 Å². The lowest BCUT2D eigenvalue weighted by Gasteiger charge is -2.24. The number of β-amino-alcohol motifs (C(OH)–C–C–N with tert-alkyl or cyclic N) is 1. The van der Waals surface area contributed by atoms with Crippen molar-refractivity contribution in [3.63, 3.8) is 0 Å². The monoisotopic (exact) mass is 243 g/mol. The van der Waals surface area contributed by atoms with E-state index in [4.69, 9.17) is 4.74 Å². The number of hydrogen-bond acceptors (Lipinski definition) is 5. The lowest BCUT2D eigenvalue weighted by atomic mass is 10.1. The molecular formula is C11H17NO5. The average molecular weight is 243 g/mol. The number of aliphatic hydroxyl groups is 1. The van der Waals surface area contributed by atoms with Gasteiger partial charge in [0, 0.05) is 19.6 Å². The molecule has 0 aliphatic carbocycles. The number of methoxy groups -OCH3 is 1. The molecule has 2 saturated heterocycles. The minimum absolute atomic E-state index is 0.116. The summed E-state index contributed by atoms with van der Waals surface area (Å²) in [7, 11) is 1.29. The van der Waals surface area contributed by atoms with Crippen molar-refractivity contribution >= 4 is 11.9 Å². The van der Waals surface area contributed by atoms with Crippen LogP contribution in [0.4, 0.5) is 0 Å². The Morgan fingerprint density at radius 2 is 2.24 bits per heavy atom. The Bertz CT molecular complexity index is 313. The highest BCUT2D eigenvalue weighted by molar-refractivity contribution is 5.86.